The minimum atomic E-state index is -3.58. The zero-order chi connectivity index (χ0) is 19.4. The summed E-state index contributed by atoms with van der Waals surface area (Å²) in [7, 11) is -2.04. The third-order valence-corrected chi connectivity index (χ3v) is 5.13. The molecule has 0 bridgehead atoms. The second-order valence-corrected chi connectivity index (χ2v) is 7.81. The average Bonchev–Trinajstić information content (AvgIpc) is 3.08. The van der Waals surface area contributed by atoms with E-state index < -0.39 is 10.0 Å². The molecule has 0 saturated carbocycles. The molecule has 1 heterocycles. The molecule has 1 aliphatic rings. The number of nitrogens with zero attached hydrogens (tertiary/aromatic N) is 1. The van der Waals surface area contributed by atoms with Gasteiger partial charge in [0.2, 0.25) is 22.7 Å². The molecule has 0 aliphatic carbocycles. The van der Waals surface area contributed by atoms with Crippen LogP contribution in [0.4, 0.5) is 11.4 Å². The third-order valence-electron chi connectivity index (χ3n) is 3.94. The molecular weight excluding hydrogens is 372 g/mol. The van der Waals surface area contributed by atoms with Crippen LogP contribution in [0.5, 0.6) is 17.2 Å². The molecule has 9 heteroatoms. The van der Waals surface area contributed by atoms with E-state index in [1.54, 1.807) is 42.5 Å². The lowest BCUT2D eigenvalue weighted by molar-refractivity contribution is -0.116. The molecule has 3 rings (SSSR count). The predicted octanol–water partition coefficient (Wildman–Crippen LogP) is 2.22. The minimum absolute atomic E-state index is 0.00568. The molecule has 0 fully saturated rings. The Morgan fingerprint density at radius 3 is 2.70 bits per heavy atom. The Hall–Kier alpha value is -2.94. The molecule has 2 aromatic rings. The molecule has 1 N–H and O–H groups in total. The highest BCUT2D eigenvalue weighted by molar-refractivity contribution is 7.92. The van der Waals surface area contributed by atoms with Crippen molar-refractivity contribution in [1.82, 2.24) is 0 Å². The molecule has 0 atom stereocenters. The summed E-state index contributed by atoms with van der Waals surface area (Å²) >= 11 is 0. The maximum Gasteiger partial charge on any atom is 0.232 e. The van der Waals surface area contributed by atoms with Crippen molar-refractivity contribution in [2.75, 3.05) is 36.3 Å². The lowest BCUT2D eigenvalue weighted by Crippen LogP contribution is -2.33. The summed E-state index contributed by atoms with van der Waals surface area (Å²) in [5.74, 6) is 1.34. The van der Waals surface area contributed by atoms with Crippen molar-refractivity contribution in [3.63, 3.8) is 0 Å². The number of hydrogen-bond acceptors (Lipinski definition) is 6. The van der Waals surface area contributed by atoms with Crippen molar-refractivity contribution in [3.05, 3.63) is 42.5 Å². The number of anilines is 2. The molecular formula is C18H20N2O6S. The number of sulfonamides is 1. The largest absolute Gasteiger partial charge is 0.497 e. The fourth-order valence-corrected chi connectivity index (χ4v) is 3.57. The monoisotopic (exact) mass is 392 g/mol. The quantitative estimate of drug-likeness (QED) is 0.777. The molecule has 144 valence electrons. The first-order valence-corrected chi connectivity index (χ1v) is 10.0. The Kier molecular flexibility index (Phi) is 5.41. The number of rotatable bonds is 7. The normalized spacial score (nSPS) is 12.5. The van der Waals surface area contributed by atoms with Crippen molar-refractivity contribution in [2.24, 2.45) is 0 Å². The number of carbonyl (C=O) groups is 1. The van der Waals surface area contributed by atoms with E-state index in [4.69, 9.17) is 14.2 Å². The van der Waals surface area contributed by atoms with E-state index in [1.165, 1.54) is 11.4 Å². The van der Waals surface area contributed by atoms with E-state index >= 15 is 0 Å². The van der Waals surface area contributed by atoms with Gasteiger partial charge in [-0.15, -0.1) is 0 Å². The molecule has 2 aromatic carbocycles. The van der Waals surface area contributed by atoms with Crippen LogP contribution in [-0.2, 0) is 14.8 Å². The smallest absolute Gasteiger partial charge is 0.232 e. The summed E-state index contributed by atoms with van der Waals surface area (Å²) in [6.45, 7) is 0.0921. The van der Waals surface area contributed by atoms with Crippen molar-refractivity contribution < 1.29 is 27.4 Å². The average molecular weight is 392 g/mol. The summed E-state index contributed by atoms with van der Waals surface area (Å²) in [6, 6.07) is 11.8. The van der Waals surface area contributed by atoms with Gasteiger partial charge in [-0.1, -0.05) is 6.07 Å². The van der Waals surface area contributed by atoms with Gasteiger partial charge in [-0.25, -0.2) is 8.42 Å². The molecule has 0 spiro atoms. The van der Waals surface area contributed by atoms with Crippen molar-refractivity contribution in [2.45, 2.75) is 6.42 Å². The lowest BCUT2D eigenvalue weighted by atomic mass is 10.2. The van der Waals surface area contributed by atoms with Crippen LogP contribution in [0.1, 0.15) is 6.42 Å². The number of hydrogen-bond donors (Lipinski definition) is 1. The van der Waals surface area contributed by atoms with Crippen LogP contribution >= 0.6 is 0 Å². The van der Waals surface area contributed by atoms with E-state index in [0.29, 0.717) is 28.6 Å². The van der Waals surface area contributed by atoms with Gasteiger partial charge >= 0.3 is 0 Å². The van der Waals surface area contributed by atoms with Crippen LogP contribution < -0.4 is 23.8 Å². The molecule has 1 aliphatic heterocycles. The topological polar surface area (TPSA) is 94.2 Å². The maximum atomic E-state index is 12.2. The molecule has 0 radical (unpaired) electrons. The molecule has 27 heavy (non-hydrogen) atoms. The maximum absolute atomic E-state index is 12.2. The van der Waals surface area contributed by atoms with Gasteiger partial charge in [0.1, 0.15) is 5.75 Å². The first kappa shape index (κ1) is 18.8. The van der Waals surface area contributed by atoms with Crippen LogP contribution in [0.15, 0.2) is 42.5 Å². The van der Waals surface area contributed by atoms with Gasteiger partial charge in [0.05, 0.1) is 19.1 Å². The highest BCUT2D eigenvalue weighted by atomic mass is 32.2. The van der Waals surface area contributed by atoms with Gasteiger partial charge in [-0.3, -0.25) is 9.10 Å². The van der Waals surface area contributed by atoms with Gasteiger partial charge in [0.25, 0.3) is 0 Å². The minimum Gasteiger partial charge on any atom is -0.497 e. The second kappa shape index (κ2) is 7.75. The molecule has 1 amide bonds. The van der Waals surface area contributed by atoms with Gasteiger partial charge < -0.3 is 19.5 Å². The van der Waals surface area contributed by atoms with Crippen LogP contribution in [-0.4, -0.2) is 41.0 Å². The SMILES string of the molecule is COc1cccc(NC(=O)CCN(c2ccc3c(c2)OCO3)S(C)(=O)=O)c1. The van der Waals surface area contributed by atoms with Crippen LogP contribution in [0.25, 0.3) is 0 Å². The zero-order valence-electron chi connectivity index (χ0n) is 15.0. The standard InChI is InChI=1S/C18H20N2O6S/c1-24-15-5-3-4-13(10-15)19-18(21)8-9-20(27(2,22)23)14-6-7-16-17(11-14)26-12-25-16/h3-7,10-11H,8-9,12H2,1-2H3,(H,19,21). The third kappa shape index (κ3) is 4.62. The van der Waals surface area contributed by atoms with Gasteiger partial charge in [-0.05, 0) is 24.3 Å². The lowest BCUT2D eigenvalue weighted by Gasteiger charge is -2.22. The second-order valence-electron chi connectivity index (χ2n) is 5.90. The van der Waals surface area contributed by atoms with Crippen molar-refractivity contribution >= 4 is 27.3 Å². The van der Waals surface area contributed by atoms with E-state index in [9.17, 15) is 13.2 Å². The van der Waals surface area contributed by atoms with Gasteiger partial charge in [0.15, 0.2) is 11.5 Å². The van der Waals surface area contributed by atoms with E-state index in [0.717, 1.165) is 6.26 Å². The number of methoxy groups -OCH3 is 1. The van der Waals surface area contributed by atoms with Crippen molar-refractivity contribution in [3.8, 4) is 17.2 Å². The fourth-order valence-electron chi connectivity index (χ4n) is 2.65. The summed E-state index contributed by atoms with van der Waals surface area (Å²) in [6.07, 6.45) is 1.08. The number of ether oxygens (including phenoxy) is 3. The summed E-state index contributed by atoms with van der Waals surface area (Å²) in [5.41, 5.74) is 0.990. The van der Waals surface area contributed by atoms with E-state index in [1.807, 2.05) is 0 Å². The highest BCUT2D eigenvalue weighted by Gasteiger charge is 2.22. The molecule has 0 unspecified atom stereocenters. The van der Waals surface area contributed by atoms with Crippen LogP contribution in [0.2, 0.25) is 0 Å². The van der Waals surface area contributed by atoms with E-state index in [-0.39, 0.29) is 25.7 Å². The summed E-state index contributed by atoms with van der Waals surface area (Å²) < 4.78 is 41.2. The number of amides is 1. The molecule has 8 nitrogen and oxygen atoms in total. The van der Waals surface area contributed by atoms with Crippen LogP contribution in [0.3, 0.4) is 0 Å². The Morgan fingerprint density at radius 1 is 1.19 bits per heavy atom. The zero-order valence-corrected chi connectivity index (χ0v) is 15.8. The van der Waals surface area contributed by atoms with Gasteiger partial charge in [0, 0.05) is 30.8 Å². The Morgan fingerprint density at radius 2 is 1.96 bits per heavy atom. The highest BCUT2D eigenvalue weighted by Crippen LogP contribution is 2.36. The first-order chi connectivity index (χ1) is 12.9. The summed E-state index contributed by atoms with van der Waals surface area (Å²) in [5, 5.41) is 2.73. The Balaban J connectivity index is 1.69. The Labute approximate surface area is 157 Å². The van der Waals surface area contributed by atoms with Crippen molar-refractivity contribution in [1.29, 1.82) is 0 Å². The van der Waals surface area contributed by atoms with Crippen LogP contribution in [0, 0.1) is 0 Å². The summed E-state index contributed by atoms with van der Waals surface area (Å²) in [4.78, 5) is 12.2. The Bertz CT molecular complexity index is 945. The number of fused-ring (bicyclic) bond motifs is 1. The molecule has 0 saturated heterocycles. The number of carbonyl (C=O) groups excluding carboxylic acids is 1. The number of benzene rings is 2. The molecule has 0 aromatic heterocycles. The van der Waals surface area contributed by atoms with Gasteiger partial charge in [-0.2, -0.15) is 0 Å². The van der Waals surface area contributed by atoms with E-state index in [2.05, 4.69) is 5.32 Å². The number of nitrogens with one attached hydrogen (secondary N) is 1. The predicted molar refractivity (Wildman–Crippen MR) is 101 cm³/mol. The first-order valence-electron chi connectivity index (χ1n) is 8.18. The fraction of sp³-hybridized carbons (Fsp3) is 0.278.